The summed E-state index contributed by atoms with van der Waals surface area (Å²) >= 11 is 5.72. The lowest BCUT2D eigenvalue weighted by atomic mass is 10.00. The first kappa shape index (κ1) is 17.2. The molecule has 114 valence electrons. The largest absolute Gasteiger partial charge is 0.389 e. The maximum atomic E-state index is 13.9. The highest BCUT2D eigenvalue weighted by Crippen LogP contribution is 2.29. The lowest BCUT2D eigenvalue weighted by Crippen LogP contribution is -2.23. The molecule has 0 saturated heterocycles. The molecule has 0 heterocycles. The van der Waals surface area contributed by atoms with Crippen LogP contribution in [0.3, 0.4) is 0 Å². The number of rotatable bonds is 7. The highest BCUT2D eigenvalue weighted by atomic mass is 35.5. The van der Waals surface area contributed by atoms with Gasteiger partial charge in [0.1, 0.15) is 5.82 Å². The molecule has 0 spiro atoms. The molecule has 1 rings (SSSR count). The third-order valence-corrected chi connectivity index (χ3v) is 3.24. The predicted molar refractivity (Wildman–Crippen MR) is 72.4 cm³/mol. The van der Waals surface area contributed by atoms with Crippen LogP contribution in [0.1, 0.15) is 44.2 Å². The number of hydrogen-bond donors (Lipinski definition) is 1. The van der Waals surface area contributed by atoms with Crippen LogP contribution in [0.5, 0.6) is 0 Å². The van der Waals surface area contributed by atoms with Crippen LogP contribution >= 0.6 is 11.6 Å². The van der Waals surface area contributed by atoms with E-state index in [2.05, 4.69) is 5.32 Å². The minimum Gasteiger partial charge on any atom is -0.310 e. The summed E-state index contributed by atoms with van der Waals surface area (Å²) in [6.07, 6.45) is -4.05. The molecule has 1 N–H and O–H groups in total. The van der Waals surface area contributed by atoms with E-state index in [9.17, 15) is 17.6 Å². The van der Waals surface area contributed by atoms with Crippen LogP contribution in [0.2, 0.25) is 5.02 Å². The van der Waals surface area contributed by atoms with Gasteiger partial charge >= 0.3 is 6.18 Å². The van der Waals surface area contributed by atoms with Gasteiger partial charge in [0.15, 0.2) is 0 Å². The Bertz CT molecular complexity index is 420. The Labute approximate surface area is 121 Å². The summed E-state index contributed by atoms with van der Waals surface area (Å²) in [7, 11) is 0. The van der Waals surface area contributed by atoms with Crippen molar-refractivity contribution < 1.29 is 17.6 Å². The van der Waals surface area contributed by atoms with E-state index in [0.717, 1.165) is 6.42 Å². The molecule has 0 fully saturated rings. The van der Waals surface area contributed by atoms with Gasteiger partial charge in [-0.1, -0.05) is 30.7 Å². The first-order chi connectivity index (χ1) is 9.35. The zero-order valence-electron chi connectivity index (χ0n) is 11.2. The van der Waals surface area contributed by atoms with Crippen molar-refractivity contribution in [3.8, 4) is 0 Å². The lowest BCUT2D eigenvalue weighted by Gasteiger charge is -2.20. The van der Waals surface area contributed by atoms with Crippen molar-refractivity contribution in [2.24, 2.45) is 0 Å². The Balaban J connectivity index is 2.75. The molecule has 0 aliphatic heterocycles. The summed E-state index contributed by atoms with van der Waals surface area (Å²) in [6.45, 7) is 2.55. The van der Waals surface area contributed by atoms with Crippen molar-refractivity contribution in [3.63, 3.8) is 0 Å². The molecule has 1 nitrogen and oxygen atoms in total. The zero-order valence-corrected chi connectivity index (χ0v) is 12.0. The van der Waals surface area contributed by atoms with E-state index in [-0.39, 0.29) is 17.9 Å². The van der Waals surface area contributed by atoms with Crippen LogP contribution < -0.4 is 5.32 Å². The first-order valence-corrected chi connectivity index (χ1v) is 6.97. The van der Waals surface area contributed by atoms with Crippen LogP contribution in [-0.2, 0) is 0 Å². The molecule has 1 aromatic rings. The highest BCUT2D eigenvalue weighted by Gasteiger charge is 2.27. The number of halogens is 5. The maximum absolute atomic E-state index is 13.9. The van der Waals surface area contributed by atoms with E-state index in [4.69, 9.17) is 11.6 Å². The van der Waals surface area contributed by atoms with Gasteiger partial charge in [0.25, 0.3) is 0 Å². The third kappa shape index (κ3) is 5.67. The average molecular weight is 312 g/mol. The number of benzene rings is 1. The van der Waals surface area contributed by atoms with Crippen LogP contribution in [0, 0.1) is 5.82 Å². The molecule has 20 heavy (non-hydrogen) atoms. The molecule has 1 unspecified atom stereocenters. The third-order valence-electron chi connectivity index (χ3n) is 2.95. The molecule has 0 saturated carbocycles. The number of nitrogens with one attached hydrogen (secondary N) is 1. The van der Waals surface area contributed by atoms with Gasteiger partial charge in [0.2, 0.25) is 0 Å². The summed E-state index contributed by atoms with van der Waals surface area (Å²) in [5.74, 6) is -0.560. The van der Waals surface area contributed by atoms with Gasteiger partial charge in [-0.2, -0.15) is 13.2 Å². The van der Waals surface area contributed by atoms with Gasteiger partial charge in [-0.15, -0.1) is 0 Å². The fourth-order valence-corrected chi connectivity index (χ4v) is 2.16. The molecule has 0 radical (unpaired) electrons. The second-order valence-electron chi connectivity index (χ2n) is 4.66. The van der Waals surface area contributed by atoms with E-state index in [1.54, 1.807) is 12.1 Å². The van der Waals surface area contributed by atoms with Crippen molar-refractivity contribution in [1.29, 1.82) is 0 Å². The van der Waals surface area contributed by atoms with Crippen molar-refractivity contribution in [2.75, 3.05) is 6.54 Å². The molecular weight excluding hydrogens is 294 g/mol. The highest BCUT2D eigenvalue weighted by molar-refractivity contribution is 6.30. The molecule has 0 aliphatic rings. The molecule has 0 aromatic heterocycles. The molecular formula is C14H18ClF4N. The summed E-state index contributed by atoms with van der Waals surface area (Å²) < 4.78 is 50.5. The van der Waals surface area contributed by atoms with Gasteiger partial charge in [0.05, 0.1) is 5.02 Å². The summed E-state index contributed by atoms with van der Waals surface area (Å²) in [6, 6.07) is 4.14. The van der Waals surface area contributed by atoms with Gasteiger partial charge in [-0.25, -0.2) is 4.39 Å². The monoisotopic (exact) mass is 311 g/mol. The van der Waals surface area contributed by atoms with Crippen molar-refractivity contribution in [2.45, 2.75) is 44.8 Å². The van der Waals surface area contributed by atoms with Crippen LogP contribution in [0.25, 0.3) is 0 Å². The fourth-order valence-electron chi connectivity index (χ4n) is 1.98. The predicted octanol–water partition coefficient (Wildman–Crippen LogP) is 5.25. The minimum absolute atomic E-state index is 0.0124. The summed E-state index contributed by atoms with van der Waals surface area (Å²) in [5, 5.41) is 3.06. The second-order valence-corrected chi connectivity index (χ2v) is 5.06. The zero-order chi connectivity index (χ0) is 15.2. The van der Waals surface area contributed by atoms with Crippen molar-refractivity contribution in [1.82, 2.24) is 5.32 Å². The Morgan fingerprint density at radius 3 is 2.60 bits per heavy atom. The smallest absolute Gasteiger partial charge is 0.310 e. The molecule has 0 aliphatic carbocycles. The van der Waals surface area contributed by atoms with Crippen LogP contribution in [0.4, 0.5) is 17.6 Å². The van der Waals surface area contributed by atoms with Gasteiger partial charge < -0.3 is 5.32 Å². The number of hydrogen-bond acceptors (Lipinski definition) is 1. The minimum atomic E-state index is -4.18. The van der Waals surface area contributed by atoms with E-state index >= 15 is 0 Å². The van der Waals surface area contributed by atoms with Crippen molar-refractivity contribution >= 4 is 11.6 Å². The fraction of sp³-hybridized carbons (Fsp3) is 0.571. The molecule has 1 atom stereocenters. The molecule has 6 heteroatoms. The lowest BCUT2D eigenvalue weighted by molar-refractivity contribution is -0.135. The number of alkyl halides is 3. The Morgan fingerprint density at radius 2 is 2.00 bits per heavy atom. The summed E-state index contributed by atoms with van der Waals surface area (Å²) in [5.41, 5.74) is 0.327. The Hall–Kier alpha value is -0.810. The standard InChI is InChI=1S/C14H18ClF4N/c1-2-9-20-12(7-4-8-14(17,18)19)10-5-3-6-11(15)13(10)16/h3,5-6,12,20H,2,4,7-9H2,1H3. The molecule has 0 bridgehead atoms. The molecule has 0 amide bonds. The Kier molecular flexibility index (Phi) is 6.76. The molecule has 1 aromatic carbocycles. The summed E-state index contributed by atoms with van der Waals surface area (Å²) in [4.78, 5) is 0. The normalized spacial score (nSPS) is 13.5. The SMILES string of the molecule is CCCNC(CCCC(F)(F)F)c1cccc(Cl)c1F. The van der Waals surface area contributed by atoms with E-state index < -0.39 is 24.5 Å². The van der Waals surface area contributed by atoms with E-state index in [1.165, 1.54) is 6.07 Å². The van der Waals surface area contributed by atoms with Gasteiger partial charge in [-0.3, -0.25) is 0 Å². The van der Waals surface area contributed by atoms with Crippen LogP contribution in [0.15, 0.2) is 18.2 Å². The quantitative estimate of drug-likeness (QED) is 0.678. The Morgan fingerprint density at radius 1 is 1.30 bits per heavy atom. The van der Waals surface area contributed by atoms with E-state index in [0.29, 0.717) is 12.1 Å². The van der Waals surface area contributed by atoms with Crippen LogP contribution in [-0.4, -0.2) is 12.7 Å². The van der Waals surface area contributed by atoms with Gasteiger partial charge in [-0.05, 0) is 31.9 Å². The first-order valence-electron chi connectivity index (χ1n) is 6.59. The maximum Gasteiger partial charge on any atom is 0.389 e. The van der Waals surface area contributed by atoms with E-state index in [1.807, 2.05) is 6.92 Å². The second kappa shape index (κ2) is 7.84. The average Bonchev–Trinajstić information content (AvgIpc) is 2.36. The topological polar surface area (TPSA) is 12.0 Å². The van der Waals surface area contributed by atoms with Crippen molar-refractivity contribution in [3.05, 3.63) is 34.6 Å². The van der Waals surface area contributed by atoms with Gasteiger partial charge in [0, 0.05) is 18.0 Å².